The highest BCUT2D eigenvalue weighted by Gasteiger charge is 2.24. The van der Waals surface area contributed by atoms with Crippen LogP contribution in [-0.2, 0) is 16.1 Å². The Hall–Kier alpha value is -2.38. The van der Waals surface area contributed by atoms with Gasteiger partial charge in [0.2, 0.25) is 5.91 Å². The zero-order valence-electron chi connectivity index (χ0n) is 14.5. The number of carbonyl (C=O) groups is 2. The molecule has 24 heavy (non-hydrogen) atoms. The van der Waals surface area contributed by atoms with Crippen molar-refractivity contribution in [1.29, 1.82) is 0 Å². The van der Waals surface area contributed by atoms with Gasteiger partial charge in [0.1, 0.15) is 11.3 Å². The molecule has 0 aromatic carbocycles. The number of amides is 2. The summed E-state index contributed by atoms with van der Waals surface area (Å²) in [7, 11) is 0. The number of alkyl carbamates (subject to hydrolysis) is 1. The van der Waals surface area contributed by atoms with Gasteiger partial charge in [-0.2, -0.15) is 0 Å². The molecule has 8 heteroatoms. The number of rotatable bonds is 4. The summed E-state index contributed by atoms with van der Waals surface area (Å²) in [5.74, 6) is -0.0633. The maximum Gasteiger partial charge on any atom is 0.407 e. The highest BCUT2D eigenvalue weighted by atomic mass is 16.6. The summed E-state index contributed by atoms with van der Waals surface area (Å²) in [5, 5.41) is 10.8. The fraction of sp³-hybridized carbons (Fsp3) is 0.625. The van der Waals surface area contributed by atoms with Crippen molar-refractivity contribution >= 4 is 12.0 Å². The minimum atomic E-state index is -0.537. The van der Waals surface area contributed by atoms with Crippen LogP contribution >= 0.6 is 0 Å². The summed E-state index contributed by atoms with van der Waals surface area (Å²) in [6.45, 7) is 10.5. The van der Waals surface area contributed by atoms with Gasteiger partial charge in [-0.1, -0.05) is 11.8 Å². The summed E-state index contributed by atoms with van der Waals surface area (Å²) in [5.41, 5.74) is 0.110. The number of piperidine rings is 1. The van der Waals surface area contributed by atoms with E-state index in [-0.39, 0.29) is 18.5 Å². The first kappa shape index (κ1) is 18.0. The van der Waals surface area contributed by atoms with Crippen LogP contribution < -0.4 is 5.32 Å². The van der Waals surface area contributed by atoms with Crippen LogP contribution in [0, 0.1) is 0 Å². The molecular formula is C16H25N5O3. The van der Waals surface area contributed by atoms with Gasteiger partial charge in [0.25, 0.3) is 0 Å². The van der Waals surface area contributed by atoms with Gasteiger partial charge in [-0.25, -0.2) is 9.48 Å². The molecule has 1 aliphatic heterocycles. The van der Waals surface area contributed by atoms with E-state index in [1.807, 2.05) is 20.8 Å². The molecule has 1 aromatic heterocycles. The number of hydrogen-bond donors (Lipinski definition) is 1. The van der Waals surface area contributed by atoms with Crippen LogP contribution in [0.15, 0.2) is 18.9 Å². The van der Waals surface area contributed by atoms with Crippen molar-refractivity contribution in [1.82, 2.24) is 25.2 Å². The highest BCUT2D eigenvalue weighted by molar-refractivity contribution is 5.87. The van der Waals surface area contributed by atoms with Gasteiger partial charge in [0.15, 0.2) is 0 Å². The molecule has 1 aliphatic rings. The first-order valence-electron chi connectivity index (χ1n) is 8.07. The van der Waals surface area contributed by atoms with Crippen molar-refractivity contribution in [3.05, 3.63) is 24.5 Å². The number of aromatic nitrogens is 3. The first-order valence-corrected chi connectivity index (χ1v) is 8.07. The number of hydrogen-bond acceptors (Lipinski definition) is 5. The maximum atomic E-state index is 11.7. The summed E-state index contributed by atoms with van der Waals surface area (Å²) in [6.07, 6.45) is 4.49. The fourth-order valence-electron chi connectivity index (χ4n) is 2.55. The van der Waals surface area contributed by atoms with Crippen molar-refractivity contribution in [2.45, 2.75) is 51.8 Å². The Balaban J connectivity index is 1.89. The molecule has 0 spiro atoms. The predicted octanol–water partition coefficient (Wildman–Crippen LogP) is 1.65. The molecule has 0 bridgehead atoms. The minimum Gasteiger partial charge on any atom is -0.444 e. The van der Waals surface area contributed by atoms with Crippen molar-refractivity contribution < 1.29 is 14.3 Å². The largest absolute Gasteiger partial charge is 0.444 e. The molecule has 0 unspecified atom stereocenters. The van der Waals surface area contributed by atoms with Crippen molar-refractivity contribution in [2.24, 2.45) is 0 Å². The molecule has 2 heterocycles. The molecule has 1 saturated heterocycles. The Morgan fingerprint density at radius 1 is 1.50 bits per heavy atom. The van der Waals surface area contributed by atoms with Crippen molar-refractivity contribution in [3.8, 4) is 0 Å². The minimum absolute atomic E-state index is 0.0633. The molecule has 8 nitrogen and oxygen atoms in total. The van der Waals surface area contributed by atoms with Gasteiger partial charge in [-0.05, 0) is 39.7 Å². The second-order valence-electron chi connectivity index (χ2n) is 6.83. The Morgan fingerprint density at radius 3 is 2.92 bits per heavy atom. The topological polar surface area (TPSA) is 89.4 Å². The molecule has 2 rings (SSSR count). The second kappa shape index (κ2) is 7.46. The molecule has 132 valence electrons. The first-order chi connectivity index (χ1) is 11.3. The zero-order valence-corrected chi connectivity index (χ0v) is 14.5. The average molecular weight is 335 g/mol. The highest BCUT2D eigenvalue weighted by Crippen LogP contribution is 2.21. The van der Waals surface area contributed by atoms with Crippen LogP contribution in [0.4, 0.5) is 4.79 Å². The van der Waals surface area contributed by atoms with E-state index in [1.54, 1.807) is 15.8 Å². The lowest BCUT2D eigenvalue weighted by Crippen LogP contribution is -2.40. The molecule has 1 aromatic rings. The molecular weight excluding hydrogens is 310 g/mol. The van der Waals surface area contributed by atoms with Crippen LogP contribution in [0.2, 0.25) is 0 Å². The monoisotopic (exact) mass is 335 g/mol. The smallest absolute Gasteiger partial charge is 0.407 e. The molecule has 2 amide bonds. The second-order valence-corrected chi connectivity index (χ2v) is 6.83. The Bertz CT molecular complexity index is 605. The third-order valence-corrected chi connectivity index (χ3v) is 3.63. The summed E-state index contributed by atoms with van der Waals surface area (Å²) >= 11 is 0. The Morgan fingerprint density at radius 2 is 2.25 bits per heavy atom. The summed E-state index contributed by atoms with van der Waals surface area (Å²) < 4.78 is 6.94. The van der Waals surface area contributed by atoms with Gasteiger partial charge in [-0.3, -0.25) is 4.79 Å². The number of carbonyl (C=O) groups excluding carboxylic acids is 2. The maximum absolute atomic E-state index is 11.7. The zero-order chi connectivity index (χ0) is 17.7. The van der Waals surface area contributed by atoms with Crippen LogP contribution in [0.3, 0.4) is 0 Å². The Kier molecular flexibility index (Phi) is 5.58. The predicted molar refractivity (Wildman–Crippen MR) is 88.1 cm³/mol. The van der Waals surface area contributed by atoms with E-state index >= 15 is 0 Å². The van der Waals surface area contributed by atoms with Crippen LogP contribution in [0.1, 0.15) is 45.3 Å². The number of nitrogens with one attached hydrogen (secondary N) is 1. The summed E-state index contributed by atoms with van der Waals surface area (Å²) in [4.78, 5) is 25.2. The van der Waals surface area contributed by atoms with E-state index < -0.39 is 11.7 Å². The van der Waals surface area contributed by atoms with Crippen LogP contribution in [0.5, 0.6) is 0 Å². The van der Waals surface area contributed by atoms with Crippen molar-refractivity contribution in [2.75, 3.05) is 13.1 Å². The van der Waals surface area contributed by atoms with Crippen LogP contribution in [0.25, 0.3) is 0 Å². The van der Waals surface area contributed by atoms with Gasteiger partial charge >= 0.3 is 6.09 Å². The number of ether oxygens (including phenoxy) is 1. The third kappa shape index (κ3) is 5.07. The van der Waals surface area contributed by atoms with Crippen molar-refractivity contribution in [3.63, 3.8) is 0 Å². The van der Waals surface area contributed by atoms with E-state index in [1.165, 1.54) is 6.08 Å². The van der Waals surface area contributed by atoms with Gasteiger partial charge in [-0.15, -0.1) is 5.10 Å². The SMILES string of the molecule is C=CC(=O)N1CCC[C@H](n2cc(CNC(=O)OC(C)(C)C)nn2)C1. The van der Waals surface area contributed by atoms with Crippen LogP contribution in [-0.4, -0.2) is 50.6 Å². The quantitative estimate of drug-likeness (QED) is 0.845. The number of nitrogens with zero attached hydrogens (tertiary/aromatic N) is 4. The van der Waals surface area contributed by atoms with Gasteiger partial charge in [0, 0.05) is 13.1 Å². The Labute approximate surface area is 141 Å². The normalized spacial score (nSPS) is 18.1. The number of likely N-dealkylation sites (tertiary alicyclic amines) is 1. The average Bonchev–Trinajstić information content (AvgIpc) is 2.99. The molecule has 1 fully saturated rings. The van der Waals surface area contributed by atoms with E-state index in [9.17, 15) is 9.59 Å². The standard InChI is InChI=1S/C16H25N5O3/c1-5-14(22)20-8-6-7-13(11-20)21-10-12(18-19-21)9-17-15(23)24-16(2,3)4/h5,10,13H,1,6-9,11H2,2-4H3,(H,17,23)/t13-/m0/s1. The molecule has 1 N–H and O–H groups in total. The lowest BCUT2D eigenvalue weighted by atomic mass is 10.1. The van der Waals surface area contributed by atoms with Gasteiger partial charge in [0.05, 0.1) is 18.8 Å². The summed E-state index contributed by atoms with van der Waals surface area (Å²) in [6, 6.07) is 0.0884. The molecule has 0 aliphatic carbocycles. The molecule has 1 atom stereocenters. The lowest BCUT2D eigenvalue weighted by molar-refractivity contribution is -0.127. The van der Waals surface area contributed by atoms with E-state index in [4.69, 9.17) is 4.74 Å². The third-order valence-electron chi connectivity index (χ3n) is 3.63. The van der Waals surface area contributed by atoms with E-state index in [2.05, 4.69) is 22.2 Å². The molecule has 0 radical (unpaired) electrons. The van der Waals surface area contributed by atoms with E-state index in [0.29, 0.717) is 12.2 Å². The lowest BCUT2D eigenvalue weighted by Gasteiger charge is -2.31. The fourth-order valence-corrected chi connectivity index (χ4v) is 2.55. The molecule has 0 saturated carbocycles. The van der Waals surface area contributed by atoms with Gasteiger partial charge < -0.3 is 15.0 Å². The van der Waals surface area contributed by atoms with E-state index in [0.717, 1.165) is 19.4 Å².